The van der Waals surface area contributed by atoms with Crippen molar-refractivity contribution in [1.29, 1.82) is 0 Å². The minimum absolute atomic E-state index is 0.0397. The van der Waals surface area contributed by atoms with Gasteiger partial charge in [-0.2, -0.15) is 4.31 Å². The molecule has 1 saturated carbocycles. The lowest BCUT2D eigenvalue weighted by Crippen LogP contribution is -2.70. The summed E-state index contributed by atoms with van der Waals surface area (Å²) in [6.45, 7) is 9.19. The summed E-state index contributed by atoms with van der Waals surface area (Å²) in [7, 11) is -4.25. The number of rotatable bonds is 23. The minimum Gasteiger partial charge on any atom is -0.493 e. The highest BCUT2D eigenvalue weighted by molar-refractivity contribution is 7.99. The Hall–Kier alpha value is -4.24. The number of sulfonamides is 1. The molecule has 332 valence electrons. The predicted octanol–water partition coefficient (Wildman–Crippen LogP) is 9.16. The molecule has 62 heavy (non-hydrogen) atoms. The van der Waals surface area contributed by atoms with Crippen LogP contribution >= 0.6 is 11.8 Å². The van der Waals surface area contributed by atoms with Crippen molar-refractivity contribution in [3.8, 4) is 11.5 Å². The van der Waals surface area contributed by atoms with Crippen molar-refractivity contribution in [2.24, 2.45) is 22.9 Å². The number of aromatic nitrogens is 1. The number of aliphatic hydroxyl groups is 2. The largest absolute Gasteiger partial charge is 0.493 e. The van der Waals surface area contributed by atoms with Gasteiger partial charge in [0.15, 0.2) is 0 Å². The Labute approximate surface area is 371 Å². The number of para-hydroxylation sites is 1. The average molecular weight is 884 g/mol. The number of hydrogen-bond donors (Lipinski definition) is 2. The van der Waals surface area contributed by atoms with Gasteiger partial charge in [0, 0.05) is 59.9 Å². The molecule has 0 bridgehead atoms. The van der Waals surface area contributed by atoms with Crippen LogP contribution in [0.1, 0.15) is 76.7 Å². The summed E-state index contributed by atoms with van der Waals surface area (Å²) in [5, 5.41) is 25.4. The molecule has 0 amide bonds. The zero-order valence-corrected chi connectivity index (χ0v) is 37.6. The van der Waals surface area contributed by atoms with Gasteiger partial charge in [-0.1, -0.05) is 73.5 Å². The Balaban J connectivity index is 1.41. The molecule has 2 aliphatic carbocycles. The van der Waals surface area contributed by atoms with Gasteiger partial charge in [0.2, 0.25) is 15.8 Å². The van der Waals surface area contributed by atoms with E-state index < -0.39 is 27.8 Å². The summed E-state index contributed by atoms with van der Waals surface area (Å²) in [4.78, 5) is 11.7. The normalized spacial score (nSPS) is 23.7. The number of hydrogen-bond acceptors (Lipinski definition) is 11. The van der Waals surface area contributed by atoms with Crippen molar-refractivity contribution >= 4 is 38.4 Å². The van der Waals surface area contributed by atoms with Gasteiger partial charge in [-0.15, -0.1) is 18.3 Å². The van der Waals surface area contributed by atoms with E-state index in [-0.39, 0.29) is 55.4 Å². The SMILES string of the molecule is C=CCOC12Oc3ccc(OCCSc4ccccc4)cc3C3C(CCCCO)C(CCCCO)C=C(C(=NOCC)CC1N(CCC)S(=O)(=O)c1cccc4cccnc14)C32. The molecule has 2 heterocycles. The fourth-order valence-corrected chi connectivity index (χ4v) is 12.4. The van der Waals surface area contributed by atoms with Crippen LogP contribution in [0.2, 0.25) is 0 Å². The maximum atomic E-state index is 15.4. The van der Waals surface area contributed by atoms with Gasteiger partial charge in [0.25, 0.3) is 0 Å². The summed E-state index contributed by atoms with van der Waals surface area (Å²) < 4.78 is 53.4. The molecular formula is C49H61N3O8S2. The van der Waals surface area contributed by atoms with Crippen LogP contribution in [0.3, 0.4) is 0 Å². The zero-order chi connectivity index (χ0) is 43.5. The van der Waals surface area contributed by atoms with Crippen molar-refractivity contribution in [1.82, 2.24) is 9.29 Å². The minimum atomic E-state index is -4.25. The molecule has 1 aromatic heterocycles. The molecule has 0 radical (unpaired) electrons. The van der Waals surface area contributed by atoms with E-state index in [0.717, 1.165) is 53.7 Å². The second kappa shape index (κ2) is 21.4. The van der Waals surface area contributed by atoms with Crippen LogP contribution in [-0.2, 0) is 19.6 Å². The summed E-state index contributed by atoms with van der Waals surface area (Å²) in [6.07, 6.45) is 10.9. The molecule has 6 unspecified atom stereocenters. The molecule has 0 spiro atoms. The molecule has 2 N–H and O–H groups in total. The van der Waals surface area contributed by atoms with Gasteiger partial charge in [0.1, 0.15) is 23.0 Å². The third-order valence-electron chi connectivity index (χ3n) is 12.3. The van der Waals surface area contributed by atoms with Crippen LogP contribution in [0, 0.1) is 17.8 Å². The number of allylic oxidation sites excluding steroid dienone is 1. The topological polar surface area (TPSA) is 140 Å². The molecule has 13 heteroatoms. The number of benzene rings is 3. The average Bonchev–Trinajstić information content (AvgIpc) is 3.29. The standard InChI is InChI=1S/C49H61N3O8S2/c1-4-26-52(62(55,56)44-22-14-17-35-18-15-25-50-48(35)44)45-34-42(51-59-6-3)40-32-36(16-10-12-27-53)39(21-11-13-28-54)46-41-33-37(57-30-31-61-38-19-8-7-9-20-38)23-24-43(41)60-49(45,47(40)46)58-29-5-2/h5,7-9,14-15,17-20,22-25,32-33,36,39,45-47,53-54H,2,4,6,10-13,16,21,26-31,34H2,1,3H3. The number of pyridine rings is 1. The van der Waals surface area contributed by atoms with Crippen LogP contribution in [-0.4, -0.2) is 90.8 Å². The predicted molar refractivity (Wildman–Crippen MR) is 245 cm³/mol. The molecule has 0 saturated heterocycles. The number of nitrogens with zero attached hydrogens (tertiary/aromatic N) is 3. The molecule has 4 aromatic rings. The highest BCUT2D eigenvalue weighted by atomic mass is 32.2. The maximum Gasteiger partial charge on any atom is 0.245 e. The van der Waals surface area contributed by atoms with E-state index in [2.05, 4.69) is 35.8 Å². The molecule has 6 atom stereocenters. The van der Waals surface area contributed by atoms with E-state index in [1.165, 1.54) is 4.90 Å². The van der Waals surface area contributed by atoms with Gasteiger partial charge in [-0.3, -0.25) is 4.98 Å². The number of fused-ring (bicyclic) bond motifs is 3. The highest BCUT2D eigenvalue weighted by Gasteiger charge is 2.66. The van der Waals surface area contributed by atoms with Gasteiger partial charge >= 0.3 is 0 Å². The second-order valence-electron chi connectivity index (χ2n) is 16.1. The molecule has 1 aliphatic heterocycles. The Morgan fingerprint density at radius 2 is 1.79 bits per heavy atom. The first-order valence-corrected chi connectivity index (χ1v) is 24.6. The Kier molecular flexibility index (Phi) is 15.8. The van der Waals surface area contributed by atoms with Crippen LogP contribution in [0.25, 0.3) is 10.9 Å². The summed E-state index contributed by atoms with van der Waals surface area (Å²) >= 11 is 1.74. The van der Waals surface area contributed by atoms with Crippen molar-refractivity contribution < 1.29 is 37.7 Å². The molecule has 1 fully saturated rings. The number of ether oxygens (including phenoxy) is 3. The Morgan fingerprint density at radius 3 is 2.55 bits per heavy atom. The Bertz CT molecular complexity index is 2280. The number of thioether (sulfide) groups is 1. The van der Waals surface area contributed by atoms with Crippen LogP contribution in [0.5, 0.6) is 11.5 Å². The van der Waals surface area contributed by atoms with E-state index in [1.54, 1.807) is 46.5 Å². The van der Waals surface area contributed by atoms with E-state index >= 15 is 8.42 Å². The summed E-state index contributed by atoms with van der Waals surface area (Å²) in [6, 6.07) is 24.3. The first-order chi connectivity index (χ1) is 30.3. The van der Waals surface area contributed by atoms with Crippen molar-refractivity contribution in [2.75, 3.05) is 45.3 Å². The quantitative estimate of drug-likeness (QED) is 0.0321. The number of aliphatic hydroxyl groups excluding tert-OH is 2. The van der Waals surface area contributed by atoms with Crippen molar-refractivity contribution in [3.63, 3.8) is 0 Å². The maximum absolute atomic E-state index is 15.4. The molecule has 7 rings (SSSR count). The first kappa shape index (κ1) is 45.8. The van der Waals surface area contributed by atoms with E-state index in [4.69, 9.17) is 24.2 Å². The smallest absolute Gasteiger partial charge is 0.245 e. The third kappa shape index (κ3) is 9.63. The third-order valence-corrected chi connectivity index (χ3v) is 15.2. The van der Waals surface area contributed by atoms with Crippen molar-refractivity contribution in [2.45, 2.75) is 92.8 Å². The number of oxime groups is 1. The molecule has 3 aliphatic rings. The van der Waals surface area contributed by atoms with Crippen LogP contribution < -0.4 is 9.47 Å². The van der Waals surface area contributed by atoms with Crippen molar-refractivity contribution in [3.05, 3.63) is 115 Å². The van der Waals surface area contributed by atoms with Gasteiger partial charge in [-0.25, -0.2) is 8.42 Å². The first-order valence-electron chi connectivity index (χ1n) is 22.2. The van der Waals surface area contributed by atoms with Gasteiger partial charge in [0.05, 0.1) is 36.4 Å². The fraction of sp³-hybridized carbons (Fsp3) is 0.469. The second-order valence-corrected chi connectivity index (χ2v) is 19.2. The van der Waals surface area contributed by atoms with E-state index in [0.29, 0.717) is 49.5 Å². The highest BCUT2D eigenvalue weighted by Crippen LogP contribution is 2.62. The lowest BCUT2D eigenvalue weighted by Gasteiger charge is -2.59. The zero-order valence-electron chi connectivity index (χ0n) is 35.9. The molecule has 3 aromatic carbocycles. The van der Waals surface area contributed by atoms with E-state index in [9.17, 15) is 10.2 Å². The lowest BCUT2D eigenvalue weighted by molar-refractivity contribution is -0.251. The fourth-order valence-electron chi connectivity index (χ4n) is 9.77. The molecule has 11 nitrogen and oxygen atoms in total. The number of unbranched alkanes of at least 4 members (excludes halogenated alkanes) is 2. The lowest BCUT2D eigenvalue weighted by atomic mass is 9.55. The molecular weight excluding hydrogens is 823 g/mol. The monoisotopic (exact) mass is 883 g/mol. The van der Waals surface area contributed by atoms with Gasteiger partial charge < -0.3 is 29.3 Å². The summed E-state index contributed by atoms with van der Waals surface area (Å²) in [5.41, 5.74) is 2.95. The summed E-state index contributed by atoms with van der Waals surface area (Å²) in [5.74, 6) is -0.0721. The van der Waals surface area contributed by atoms with Crippen LogP contribution in [0.15, 0.2) is 124 Å². The Morgan fingerprint density at radius 1 is 1.00 bits per heavy atom. The van der Waals surface area contributed by atoms with Crippen LogP contribution in [0.4, 0.5) is 0 Å². The van der Waals surface area contributed by atoms with E-state index in [1.807, 2.05) is 56.3 Å². The van der Waals surface area contributed by atoms with Gasteiger partial charge in [-0.05, 0) is 98.9 Å².